The highest BCUT2D eigenvalue weighted by atomic mass is 16.6. The number of nitro benzene ring substituents is 1. The van der Waals surface area contributed by atoms with Crippen molar-refractivity contribution in [2.75, 3.05) is 0 Å². The molecule has 0 radical (unpaired) electrons. The van der Waals surface area contributed by atoms with E-state index in [2.05, 4.69) is 10.5 Å². The Morgan fingerprint density at radius 3 is 2.75 bits per heavy atom. The van der Waals surface area contributed by atoms with Crippen LogP contribution in [0.25, 0.3) is 0 Å². The van der Waals surface area contributed by atoms with Crippen molar-refractivity contribution in [3.05, 3.63) is 39.4 Å². The zero-order valence-corrected chi connectivity index (χ0v) is 8.56. The number of carbonyl (C=O) groups excluding carboxylic acids is 1. The van der Waals surface area contributed by atoms with Gasteiger partial charge in [-0.05, 0) is 24.6 Å². The Kier molecular flexibility index (Phi) is 2.40. The molecule has 0 saturated heterocycles. The lowest BCUT2D eigenvalue weighted by atomic mass is 10.0. The first kappa shape index (κ1) is 10.3. The molecule has 0 unspecified atom stereocenters. The van der Waals surface area contributed by atoms with Crippen LogP contribution < -0.4 is 5.43 Å². The fourth-order valence-electron chi connectivity index (χ4n) is 1.57. The van der Waals surface area contributed by atoms with Gasteiger partial charge in [0.2, 0.25) is 5.91 Å². The van der Waals surface area contributed by atoms with Crippen LogP contribution in [-0.2, 0) is 4.79 Å². The normalized spacial score (nSPS) is 14.6. The van der Waals surface area contributed by atoms with Gasteiger partial charge in [0.15, 0.2) is 0 Å². The van der Waals surface area contributed by atoms with Crippen LogP contribution in [0.5, 0.6) is 0 Å². The number of nitro groups is 1. The highest BCUT2D eigenvalue weighted by Gasteiger charge is 2.18. The van der Waals surface area contributed by atoms with Gasteiger partial charge in [0.05, 0.1) is 17.1 Å². The van der Waals surface area contributed by atoms with Crippen molar-refractivity contribution in [1.29, 1.82) is 0 Å². The average molecular weight is 219 g/mol. The van der Waals surface area contributed by atoms with Gasteiger partial charge in [-0.2, -0.15) is 5.10 Å². The third-order valence-electron chi connectivity index (χ3n) is 2.37. The van der Waals surface area contributed by atoms with E-state index >= 15 is 0 Å². The molecule has 1 aliphatic heterocycles. The smallest absolute Gasteiger partial charge is 0.272 e. The first-order chi connectivity index (χ1) is 7.58. The first-order valence-electron chi connectivity index (χ1n) is 4.69. The number of aryl methyl sites for hydroxylation is 1. The van der Waals surface area contributed by atoms with Gasteiger partial charge in [0.25, 0.3) is 5.69 Å². The lowest BCUT2D eigenvalue weighted by Crippen LogP contribution is -2.09. The van der Waals surface area contributed by atoms with Gasteiger partial charge < -0.3 is 0 Å². The number of hydrogen-bond donors (Lipinski definition) is 1. The van der Waals surface area contributed by atoms with Crippen LogP contribution in [-0.4, -0.2) is 16.5 Å². The molecule has 1 aliphatic rings. The number of hydrogen-bond acceptors (Lipinski definition) is 4. The molecule has 16 heavy (non-hydrogen) atoms. The minimum absolute atomic E-state index is 0.0710. The van der Waals surface area contributed by atoms with E-state index in [1.165, 1.54) is 6.07 Å². The minimum atomic E-state index is -0.432. The van der Waals surface area contributed by atoms with Crippen molar-refractivity contribution in [3.63, 3.8) is 0 Å². The van der Waals surface area contributed by atoms with Crippen LogP contribution in [0.3, 0.4) is 0 Å². The molecule has 0 atom stereocenters. The van der Waals surface area contributed by atoms with Gasteiger partial charge in [-0.1, -0.05) is 0 Å². The van der Waals surface area contributed by atoms with Crippen LogP contribution in [0.4, 0.5) is 5.69 Å². The molecule has 0 bridgehead atoms. The Hall–Kier alpha value is -2.24. The molecule has 0 fully saturated rings. The molecule has 1 heterocycles. The number of rotatable bonds is 2. The number of carbonyl (C=O) groups is 1. The van der Waals surface area contributed by atoms with Crippen LogP contribution in [0.1, 0.15) is 17.5 Å². The van der Waals surface area contributed by atoms with Crippen LogP contribution in [0.2, 0.25) is 0 Å². The Bertz CT molecular complexity index is 508. The summed E-state index contributed by atoms with van der Waals surface area (Å²) in [6.07, 6.45) is 0.219. The van der Waals surface area contributed by atoms with Crippen LogP contribution in [0, 0.1) is 17.0 Å². The maximum absolute atomic E-state index is 11.0. The first-order valence-corrected chi connectivity index (χ1v) is 4.69. The third kappa shape index (κ3) is 1.77. The molecule has 82 valence electrons. The second-order valence-electron chi connectivity index (χ2n) is 3.53. The van der Waals surface area contributed by atoms with Crippen LogP contribution >= 0.6 is 0 Å². The monoisotopic (exact) mass is 219 g/mol. The summed E-state index contributed by atoms with van der Waals surface area (Å²) in [6, 6.07) is 4.69. The van der Waals surface area contributed by atoms with Gasteiger partial charge >= 0.3 is 0 Å². The van der Waals surface area contributed by atoms with Crippen molar-refractivity contribution in [2.45, 2.75) is 13.3 Å². The molecule has 0 aliphatic carbocycles. The van der Waals surface area contributed by atoms with E-state index < -0.39 is 4.92 Å². The fourth-order valence-corrected chi connectivity index (χ4v) is 1.57. The predicted molar refractivity (Wildman–Crippen MR) is 57.1 cm³/mol. The third-order valence-corrected chi connectivity index (χ3v) is 2.37. The van der Waals surface area contributed by atoms with Crippen LogP contribution in [0.15, 0.2) is 23.3 Å². The summed E-state index contributed by atoms with van der Waals surface area (Å²) in [7, 11) is 0. The van der Waals surface area contributed by atoms with Crippen molar-refractivity contribution >= 4 is 17.3 Å². The highest BCUT2D eigenvalue weighted by molar-refractivity contribution is 6.13. The van der Waals surface area contributed by atoms with Gasteiger partial charge in [-0.25, -0.2) is 5.43 Å². The van der Waals surface area contributed by atoms with Gasteiger partial charge in [0, 0.05) is 11.6 Å². The van der Waals surface area contributed by atoms with Gasteiger partial charge in [-0.15, -0.1) is 0 Å². The summed E-state index contributed by atoms with van der Waals surface area (Å²) in [4.78, 5) is 21.1. The molecule has 1 aromatic carbocycles. The SMILES string of the molecule is Cc1cc(C2=NNC(=O)C2)ccc1[N+](=O)[O-]. The molecule has 1 amide bonds. The lowest BCUT2D eigenvalue weighted by molar-refractivity contribution is -0.385. The Morgan fingerprint density at radius 2 is 2.25 bits per heavy atom. The molecule has 0 aromatic heterocycles. The van der Waals surface area contributed by atoms with Crippen molar-refractivity contribution in [1.82, 2.24) is 5.43 Å². The van der Waals surface area contributed by atoms with Gasteiger partial charge in [0.1, 0.15) is 0 Å². The number of nitrogens with one attached hydrogen (secondary N) is 1. The highest BCUT2D eigenvalue weighted by Crippen LogP contribution is 2.20. The molecule has 0 spiro atoms. The minimum Gasteiger partial charge on any atom is -0.273 e. The standard InChI is InChI=1S/C10H9N3O3/c1-6-4-7(2-3-9(6)13(15)16)8-5-10(14)12-11-8/h2-4H,5H2,1H3,(H,12,14). The number of nitrogens with zero attached hydrogens (tertiary/aromatic N) is 2. The van der Waals surface area contributed by atoms with E-state index in [9.17, 15) is 14.9 Å². The quantitative estimate of drug-likeness (QED) is 0.597. The molecular formula is C10H9N3O3. The van der Waals surface area contributed by atoms with Gasteiger partial charge in [-0.3, -0.25) is 14.9 Å². The van der Waals surface area contributed by atoms with E-state index in [4.69, 9.17) is 0 Å². The second-order valence-corrected chi connectivity index (χ2v) is 3.53. The molecule has 6 heteroatoms. The van der Waals surface area contributed by atoms with E-state index in [1.807, 2.05) is 0 Å². The maximum atomic E-state index is 11.0. The lowest BCUT2D eigenvalue weighted by Gasteiger charge is -2.01. The predicted octanol–water partition coefficient (Wildman–Crippen LogP) is 1.13. The fraction of sp³-hybridized carbons (Fsp3) is 0.200. The topological polar surface area (TPSA) is 84.6 Å². The Morgan fingerprint density at radius 1 is 1.50 bits per heavy atom. The molecule has 6 nitrogen and oxygen atoms in total. The molecule has 1 N–H and O–H groups in total. The summed E-state index contributed by atoms with van der Waals surface area (Å²) in [5.41, 5.74) is 4.32. The largest absolute Gasteiger partial charge is 0.273 e. The number of hydrazone groups is 1. The zero-order valence-electron chi connectivity index (χ0n) is 8.56. The molecule has 2 rings (SSSR count). The number of benzene rings is 1. The van der Waals surface area contributed by atoms with E-state index in [0.29, 0.717) is 11.3 Å². The maximum Gasteiger partial charge on any atom is 0.272 e. The summed E-state index contributed by atoms with van der Waals surface area (Å²) in [5, 5.41) is 14.5. The molecular weight excluding hydrogens is 210 g/mol. The second kappa shape index (κ2) is 3.73. The van der Waals surface area contributed by atoms with Crippen molar-refractivity contribution < 1.29 is 9.72 Å². The summed E-state index contributed by atoms with van der Waals surface area (Å²) >= 11 is 0. The summed E-state index contributed by atoms with van der Waals surface area (Å²) < 4.78 is 0. The molecule has 1 aromatic rings. The Balaban J connectivity index is 2.35. The summed E-state index contributed by atoms with van der Waals surface area (Å²) in [5.74, 6) is -0.161. The number of amides is 1. The van der Waals surface area contributed by atoms with Crippen molar-refractivity contribution in [2.24, 2.45) is 5.10 Å². The summed E-state index contributed by atoms with van der Waals surface area (Å²) in [6.45, 7) is 1.66. The molecule has 0 saturated carbocycles. The Labute approximate surface area is 91.1 Å². The van der Waals surface area contributed by atoms with Crippen molar-refractivity contribution in [3.8, 4) is 0 Å². The average Bonchev–Trinajstić information content (AvgIpc) is 2.64. The van der Waals surface area contributed by atoms with E-state index in [-0.39, 0.29) is 18.0 Å². The zero-order chi connectivity index (χ0) is 11.7. The van der Waals surface area contributed by atoms with E-state index in [0.717, 1.165) is 5.56 Å². The van der Waals surface area contributed by atoms with E-state index in [1.54, 1.807) is 19.1 Å².